The molecule has 0 bridgehead atoms. The SMILES string of the molecule is O=S(=O)(Cc1ccccc1)OCCOCCNN1C=Nc2ccccc2N1[O-]. The molecule has 0 radical (unpaired) electrons. The number of benzene rings is 2. The smallest absolute Gasteiger partial charge is 0.271 e. The second kappa shape index (κ2) is 9.62. The van der Waals surface area contributed by atoms with E-state index in [1.54, 1.807) is 42.5 Å². The quantitative estimate of drug-likeness (QED) is 0.472. The molecular weight excluding hydrogens is 384 g/mol. The Morgan fingerprint density at radius 3 is 2.57 bits per heavy atom. The van der Waals surface area contributed by atoms with Crippen molar-refractivity contribution < 1.29 is 17.3 Å². The van der Waals surface area contributed by atoms with Gasteiger partial charge in [-0.1, -0.05) is 42.5 Å². The molecule has 0 aromatic heterocycles. The molecule has 1 aliphatic rings. The van der Waals surface area contributed by atoms with Crippen LogP contribution in [0.2, 0.25) is 0 Å². The topological polar surface area (TPSA) is 107 Å². The zero-order chi connectivity index (χ0) is 19.8. The number of rotatable bonds is 10. The second-order valence-electron chi connectivity index (χ2n) is 5.88. The third kappa shape index (κ3) is 5.75. The van der Waals surface area contributed by atoms with Gasteiger partial charge >= 0.3 is 0 Å². The molecule has 1 aliphatic heterocycles. The molecule has 0 aliphatic carbocycles. The first-order valence-electron chi connectivity index (χ1n) is 8.67. The maximum Gasteiger partial charge on any atom is 0.271 e. The van der Waals surface area contributed by atoms with E-state index in [1.807, 2.05) is 12.1 Å². The predicted molar refractivity (Wildman–Crippen MR) is 106 cm³/mol. The number of hydrogen-bond donors (Lipinski definition) is 1. The minimum atomic E-state index is -3.65. The van der Waals surface area contributed by atoms with E-state index < -0.39 is 10.1 Å². The lowest BCUT2D eigenvalue weighted by Gasteiger charge is -2.42. The normalized spacial score (nSPS) is 13.6. The molecule has 0 saturated carbocycles. The fourth-order valence-corrected chi connectivity index (χ4v) is 3.50. The summed E-state index contributed by atoms with van der Waals surface area (Å²) in [6, 6.07) is 15.8. The maximum absolute atomic E-state index is 12.2. The lowest BCUT2D eigenvalue weighted by molar-refractivity contribution is 0.0954. The van der Waals surface area contributed by atoms with Crippen LogP contribution in [0, 0.1) is 5.21 Å². The molecule has 0 unspecified atom stereocenters. The van der Waals surface area contributed by atoms with Crippen molar-refractivity contribution in [2.75, 3.05) is 31.5 Å². The minimum absolute atomic E-state index is 0.0681. The molecule has 10 heteroatoms. The van der Waals surface area contributed by atoms with Crippen LogP contribution in [0.4, 0.5) is 11.4 Å². The lowest BCUT2D eigenvalue weighted by atomic mass is 10.2. The van der Waals surface area contributed by atoms with E-state index >= 15 is 0 Å². The minimum Gasteiger partial charge on any atom is -0.737 e. The first kappa shape index (κ1) is 20.2. The molecule has 1 heterocycles. The van der Waals surface area contributed by atoms with Gasteiger partial charge in [0.1, 0.15) is 12.1 Å². The monoisotopic (exact) mass is 405 g/mol. The summed E-state index contributed by atoms with van der Waals surface area (Å²) in [5, 5.41) is 14.1. The molecule has 28 heavy (non-hydrogen) atoms. The highest BCUT2D eigenvalue weighted by Crippen LogP contribution is 2.30. The van der Waals surface area contributed by atoms with Crippen LogP contribution >= 0.6 is 0 Å². The highest BCUT2D eigenvalue weighted by Gasteiger charge is 2.13. The summed E-state index contributed by atoms with van der Waals surface area (Å²) in [4.78, 5) is 4.18. The Morgan fingerprint density at radius 2 is 1.75 bits per heavy atom. The molecule has 150 valence electrons. The van der Waals surface area contributed by atoms with Crippen molar-refractivity contribution in [3.63, 3.8) is 0 Å². The Hall–Kier alpha value is -2.50. The summed E-state index contributed by atoms with van der Waals surface area (Å²) in [6.45, 7) is 0.653. The average molecular weight is 405 g/mol. The van der Waals surface area contributed by atoms with Gasteiger partial charge in [0.25, 0.3) is 10.1 Å². The average Bonchev–Trinajstić information content (AvgIpc) is 2.69. The third-order valence-corrected chi connectivity index (χ3v) is 5.00. The van der Waals surface area contributed by atoms with E-state index in [9.17, 15) is 13.6 Å². The first-order valence-corrected chi connectivity index (χ1v) is 10.2. The molecular formula is C18H21N4O5S-. The van der Waals surface area contributed by atoms with Gasteiger partial charge in [0, 0.05) is 6.54 Å². The Balaban J connectivity index is 1.31. The number of hydrazine groups is 2. The van der Waals surface area contributed by atoms with E-state index in [0.717, 1.165) is 0 Å². The molecule has 3 rings (SSSR count). The van der Waals surface area contributed by atoms with Gasteiger partial charge in [-0.3, -0.25) is 4.18 Å². The van der Waals surface area contributed by atoms with Crippen LogP contribution in [-0.2, 0) is 24.8 Å². The zero-order valence-corrected chi connectivity index (χ0v) is 15.9. The van der Waals surface area contributed by atoms with Crippen molar-refractivity contribution in [2.24, 2.45) is 4.99 Å². The van der Waals surface area contributed by atoms with Crippen molar-refractivity contribution in [1.29, 1.82) is 0 Å². The maximum atomic E-state index is 12.2. The number of hydrogen-bond acceptors (Lipinski definition) is 9. The fourth-order valence-electron chi connectivity index (χ4n) is 2.49. The highest BCUT2D eigenvalue weighted by molar-refractivity contribution is 7.85. The number of aliphatic imine (C=N–C) groups is 1. The molecule has 0 saturated heterocycles. The summed E-state index contributed by atoms with van der Waals surface area (Å²) >= 11 is 0. The molecule has 2 aromatic rings. The van der Waals surface area contributed by atoms with Crippen LogP contribution in [0.3, 0.4) is 0 Å². The van der Waals surface area contributed by atoms with Gasteiger partial charge in [0.15, 0.2) is 0 Å². The van der Waals surface area contributed by atoms with Crippen LogP contribution in [0.1, 0.15) is 5.56 Å². The van der Waals surface area contributed by atoms with E-state index in [2.05, 4.69) is 10.4 Å². The third-order valence-electron chi connectivity index (χ3n) is 3.79. The van der Waals surface area contributed by atoms with Crippen LogP contribution in [0.25, 0.3) is 0 Å². The summed E-state index contributed by atoms with van der Waals surface area (Å²) < 4.78 is 34.0. The predicted octanol–water partition coefficient (Wildman–Crippen LogP) is 1.95. The molecule has 0 fully saturated rings. The van der Waals surface area contributed by atoms with E-state index in [-0.39, 0.29) is 25.6 Å². The zero-order valence-electron chi connectivity index (χ0n) is 15.1. The van der Waals surface area contributed by atoms with Gasteiger partial charge in [0.2, 0.25) is 0 Å². The largest absolute Gasteiger partial charge is 0.737 e. The number of nitrogens with zero attached hydrogens (tertiary/aromatic N) is 3. The van der Waals surface area contributed by atoms with E-state index in [0.29, 0.717) is 28.7 Å². The highest BCUT2D eigenvalue weighted by atomic mass is 32.2. The van der Waals surface area contributed by atoms with Gasteiger partial charge in [-0.25, -0.2) is 15.5 Å². The van der Waals surface area contributed by atoms with Crippen molar-refractivity contribution in [3.8, 4) is 0 Å². The first-order chi connectivity index (χ1) is 13.6. The lowest BCUT2D eigenvalue weighted by Crippen LogP contribution is -2.49. The Labute approximate surface area is 163 Å². The molecule has 2 aromatic carbocycles. The van der Waals surface area contributed by atoms with E-state index in [4.69, 9.17) is 8.92 Å². The number of nitrogens with one attached hydrogen (secondary N) is 1. The van der Waals surface area contributed by atoms with Gasteiger partial charge in [-0.2, -0.15) is 8.42 Å². The molecule has 0 spiro atoms. The fraction of sp³-hybridized carbons (Fsp3) is 0.278. The van der Waals surface area contributed by atoms with E-state index in [1.165, 1.54) is 11.5 Å². The van der Waals surface area contributed by atoms with Crippen molar-refractivity contribution in [3.05, 3.63) is 65.4 Å². The van der Waals surface area contributed by atoms with Crippen molar-refractivity contribution in [1.82, 2.24) is 10.5 Å². The Kier molecular flexibility index (Phi) is 6.95. The Morgan fingerprint density at radius 1 is 1.00 bits per heavy atom. The summed E-state index contributed by atoms with van der Waals surface area (Å²) in [6.07, 6.45) is 1.38. The van der Waals surface area contributed by atoms with Gasteiger partial charge in [0.05, 0.1) is 31.2 Å². The van der Waals surface area contributed by atoms with Crippen molar-refractivity contribution >= 4 is 27.8 Å². The van der Waals surface area contributed by atoms with Crippen LogP contribution in [-0.4, -0.2) is 46.2 Å². The molecule has 1 N–H and O–H groups in total. The molecule has 9 nitrogen and oxygen atoms in total. The number of fused-ring (bicyclic) bond motifs is 1. The van der Waals surface area contributed by atoms with Crippen LogP contribution in [0.15, 0.2) is 59.6 Å². The van der Waals surface area contributed by atoms with Gasteiger partial charge < -0.3 is 15.1 Å². The summed E-state index contributed by atoms with van der Waals surface area (Å²) in [5.41, 5.74) is 4.57. The summed E-state index contributed by atoms with van der Waals surface area (Å²) in [5.74, 6) is -0.176. The standard InChI is InChI=1S/C18H21N4O5S/c23-22-18-9-5-4-8-17(18)19-15-21(22)20-10-11-26-12-13-27-28(24,25)14-16-6-2-1-3-7-16/h1-9,15,20H,10-14H2/q-1. The Bertz CT molecular complexity index is 892. The number of para-hydroxylation sites is 2. The number of ether oxygens (including phenoxy) is 1. The van der Waals surface area contributed by atoms with Crippen LogP contribution in [0.5, 0.6) is 0 Å². The molecule has 0 amide bonds. The summed E-state index contributed by atoms with van der Waals surface area (Å²) in [7, 11) is -3.65. The second-order valence-corrected chi connectivity index (χ2v) is 7.52. The van der Waals surface area contributed by atoms with Gasteiger partial charge in [-0.15, -0.1) is 0 Å². The molecule has 0 atom stereocenters. The van der Waals surface area contributed by atoms with Gasteiger partial charge in [-0.05, 0) is 17.7 Å². The van der Waals surface area contributed by atoms with Crippen molar-refractivity contribution in [2.45, 2.75) is 5.75 Å². The number of anilines is 1. The van der Waals surface area contributed by atoms with Crippen LogP contribution < -0.4 is 10.6 Å².